The molecule has 0 aliphatic heterocycles. The molecule has 2 aromatic rings. The van der Waals surface area contributed by atoms with E-state index in [2.05, 4.69) is 15.6 Å². The lowest BCUT2D eigenvalue weighted by Crippen LogP contribution is -2.39. The van der Waals surface area contributed by atoms with Crippen molar-refractivity contribution in [3.63, 3.8) is 0 Å². The third-order valence-electron chi connectivity index (χ3n) is 4.82. The first kappa shape index (κ1) is 20.3. The van der Waals surface area contributed by atoms with Crippen molar-refractivity contribution in [2.45, 2.75) is 43.7 Å². The summed E-state index contributed by atoms with van der Waals surface area (Å²) in [7, 11) is -3.22. The van der Waals surface area contributed by atoms with Crippen LogP contribution in [0.4, 0.5) is 4.39 Å². The fourth-order valence-electron chi connectivity index (χ4n) is 3.37. The number of guanidine groups is 1. The van der Waals surface area contributed by atoms with Crippen LogP contribution in [0.3, 0.4) is 0 Å². The SMILES string of the molecule is CCNC(=NCc1ccc(S(C)(=O)=O)c(C)c1)NC1CC1c1ccccc1F. The van der Waals surface area contributed by atoms with Crippen molar-refractivity contribution >= 4 is 15.8 Å². The van der Waals surface area contributed by atoms with Crippen LogP contribution < -0.4 is 10.6 Å². The van der Waals surface area contributed by atoms with Gasteiger partial charge in [-0.15, -0.1) is 0 Å². The molecule has 0 bridgehead atoms. The number of nitrogens with one attached hydrogen (secondary N) is 2. The molecule has 7 heteroatoms. The maximum Gasteiger partial charge on any atom is 0.191 e. The van der Waals surface area contributed by atoms with Crippen molar-refractivity contribution < 1.29 is 12.8 Å². The van der Waals surface area contributed by atoms with Crippen LogP contribution in [0.1, 0.15) is 36.0 Å². The predicted molar refractivity (Wildman–Crippen MR) is 110 cm³/mol. The lowest BCUT2D eigenvalue weighted by Gasteiger charge is -2.12. The molecule has 1 aliphatic rings. The second-order valence-corrected chi connectivity index (χ2v) is 9.17. The molecule has 1 aliphatic carbocycles. The molecule has 5 nitrogen and oxygen atoms in total. The van der Waals surface area contributed by atoms with Gasteiger partial charge in [0.1, 0.15) is 5.82 Å². The molecule has 0 radical (unpaired) electrons. The Morgan fingerprint density at radius 2 is 2.00 bits per heavy atom. The van der Waals surface area contributed by atoms with E-state index < -0.39 is 9.84 Å². The summed E-state index contributed by atoms with van der Waals surface area (Å²) in [6.07, 6.45) is 2.08. The van der Waals surface area contributed by atoms with Crippen molar-refractivity contribution in [3.05, 3.63) is 65.0 Å². The van der Waals surface area contributed by atoms with Gasteiger partial charge in [0.05, 0.1) is 11.4 Å². The fraction of sp³-hybridized carbons (Fsp3) is 0.381. The summed E-state index contributed by atoms with van der Waals surface area (Å²) in [5.74, 6) is 0.665. The van der Waals surface area contributed by atoms with Gasteiger partial charge < -0.3 is 10.6 Å². The van der Waals surface area contributed by atoms with Gasteiger partial charge in [0, 0.05) is 24.8 Å². The summed E-state index contributed by atoms with van der Waals surface area (Å²) in [6.45, 7) is 4.92. The zero-order valence-corrected chi connectivity index (χ0v) is 17.2. The van der Waals surface area contributed by atoms with Crippen molar-refractivity contribution in [2.75, 3.05) is 12.8 Å². The largest absolute Gasteiger partial charge is 0.357 e. The second kappa shape index (κ2) is 8.31. The summed E-state index contributed by atoms with van der Waals surface area (Å²) >= 11 is 0. The van der Waals surface area contributed by atoms with Gasteiger partial charge in [0.2, 0.25) is 0 Å². The number of hydrogen-bond donors (Lipinski definition) is 2. The molecular weight excluding hydrogens is 377 g/mol. The van der Waals surface area contributed by atoms with Gasteiger partial charge in [-0.3, -0.25) is 0 Å². The molecule has 0 spiro atoms. The number of rotatable bonds is 6. The quantitative estimate of drug-likeness (QED) is 0.574. The first-order valence-corrected chi connectivity index (χ1v) is 11.3. The minimum Gasteiger partial charge on any atom is -0.357 e. The van der Waals surface area contributed by atoms with Crippen LogP contribution in [0, 0.1) is 12.7 Å². The topological polar surface area (TPSA) is 70.6 Å². The Morgan fingerprint density at radius 1 is 1.25 bits per heavy atom. The second-order valence-electron chi connectivity index (χ2n) is 7.18. The minimum atomic E-state index is -3.22. The maximum atomic E-state index is 13.9. The van der Waals surface area contributed by atoms with Gasteiger partial charge >= 0.3 is 0 Å². The first-order valence-electron chi connectivity index (χ1n) is 9.38. The zero-order chi connectivity index (χ0) is 20.3. The Balaban J connectivity index is 1.67. The lowest BCUT2D eigenvalue weighted by molar-refractivity contribution is 0.601. The van der Waals surface area contributed by atoms with Crippen LogP contribution >= 0.6 is 0 Å². The molecule has 2 N–H and O–H groups in total. The molecule has 2 atom stereocenters. The van der Waals surface area contributed by atoms with E-state index in [4.69, 9.17) is 0 Å². The molecule has 2 unspecified atom stereocenters. The van der Waals surface area contributed by atoms with Gasteiger partial charge in [0.15, 0.2) is 15.8 Å². The summed E-state index contributed by atoms with van der Waals surface area (Å²) < 4.78 is 37.4. The van der Waals surface area contributed by atoms with E-state index in [9.17, 15) is 12.8 Å². The highest BCUT2D eigenvalue weighted by atomic mass is 32.2. The number of halogens is 1. The van der Waals surface area contributed by atoms with Crippen LogP contribution in [0.15, 0.2) is 52.4 Å². The summed E-state index contributed by atoms with van der Waals surface area (Å²) in [5.41, 5.74) is 2.39. The summed E-state index contributed by atoms with van der Waals surface area (Å²) in [4.78, 5) is 4.94. The molecular formula is C21H26FN3O2S. The van der Waals surface area contributed by atoms with Crippen molar-refractivity contribution in [1.29, 1.82) is 0 Å². The highest BCUT2D eigenvalue weighted by Crippen LogP contribution is 2.41. The lowest BCUT2D eigenvalue weighted by atomic mass is 10.1. The third-order valence-corrected chi connectivity index (χ3v) is 6.08. The van der Waals surface area contributed by atoms with Gasteiger partial charge in [0.25, 0.3) is 0 Å². The first-order chi connectivity index (χ1) is 13.3. The van der Waals surface area contributed by atoms with Crippen molar-refractivity contribution in [2.24, 2.45) is 4.99 Å². The van der Waals surface area contributed by atoms with E-state index in [1.165, 1.54) is 12.3 Å². The van der Waals surface area contributed by atoms with Gasteiger partial charge in [-0.1, -0.05) is 30.3 Å². The molecule has 2 aromatic carbocycles. The Kier molecular flexibility index (Phi) is 6.03. The highest BCUT2D eigenvalue weighted by molar-refractivity contribution is 7.90. The average molecular weight is 404 g/mol. The molecule has 3 rings (SSSR count). The Labute approximate surface area is 166 Å². The summed E-state index contributed by atoms with van der Waals surface area (Å²) in [5, 5.41) is 6.57. The molecule has 150 valence electrons. The van der Waals surface area contributed by atoms with E-state index in [0.717, 1.165) is 29.7 Å². The molecule has 28 heavy (non-hydrogen) atoms. The molecule has 0 aromatic heterocycles. The van der Waals surface area contributed by atoms with Crippen LogP contribution in [0.25, 0.3) is 0 Å². The van der Waals surface area contributed by atoms with Gasteiger partial charge in [-0.05, 0) is 49.1 Å². The number of hydrogen-bond acceptors (Lipinski definition) is 3. The van der Waals surface area contributed by atoms with E-state index in [0.29, 0.717) is 17.4 Å². The van der Waals surface area contributed by atoms with E-state index in [1.807, 2.05) is 25.1 Å². The molecule has 0 saturated heterocycles. The smallest absolute Gasteiger partial charge is 0.191 e. The normalized spacial score (nSPS) is 19.4. The number of aryl methyl sites for hydroxylation is 1. The number of benzene rings is 2. The van der Waals surface area contributed by atoms with Crippen LogP contribution in [0.2, 0.25) is 0 Å². The Bertz CT molecular complexity index is 989. The Morgan fingerprint density at radius 3 is 2.64 bits per heavy atom. The van der Waals surface area contributed by atoms with Gasteiger partial charge in [-0.2, -0.15) is 0 Å². The van der Waals surface area contributed by atoms with E-state index in [1.54, 1.807) is 25.1 Å². The zero-order valence-electron chi connectivity index (χ0n) is 16.4. The standard InChI is InChI=1S/C21H26FN3O2S/c1-4-23-21(25-19-12-17(19)16-7-5-6-8-18(16)22)24-13-15-9-10-20(14(2)11-15)28(3,26)27/h5-11,17,19H,4,12-13H2,1-3H3,(H2,23,24,25). The predicted octanol–water partition coefficient (Wildman–Crippen LogP) is 3.15. The molecule has 0 amide bonds. The van der Waals surface area contributed by atoms with E-state index >= 15 is 0 Å². The molecule has 1 fully saturated rings. The van der Waals surface area contributed by atoms with Crippen LogP contribution in [0.5, 0.6) is 0 Å². The number of sulfone groups is 1. The average Bonchev–Trinajstić information content (AvgIpc) is 3.38. The molecule has 1 saturated carbocycles. The minimum absolute atomic E-state index is 0.154. The fourth-order valence-corrected chi connectivity index (χ4v) is 4.32. The Hall–Kier alpha value is -2.41. The highest BCUT2D eigenvalue weighted by Gasteiger charge is 2.40. The monoisotopic (exact) mass is 403 g/mol. The van der Waals surface area contributed by atoms with Crippen LogP contribution in [-0.4, -0.2) is 33.2 Å². The third kappa shape index (κ3) is 4.90. The number of aliphatic imine (C=N–C) groups is 1. The molecule has 0 heterocycles. The van der Waals surface area contributed by atoms with Gasteiger partial charge in [-0.25, -0.2) is 17.8 Å². The summed E-state index contributed by atoms with van der Waals surface area (Å²) in [6, 6.07) is 12.3. The van der Waals surface area contributed by atoms with Crippen molar-refractivity contribution in [3.8, 4) is 0 Å². The number of nitrogens with zero attached hydrogens (tertiary/aromatic N) is 1. The van der Waals surface area contributed by atoms with Crippen molar-refractivity contribution in [1.82, 2.24) is 10.6 Å². The van der Waals surface area contributed by atoms with Crippen LogP contribution in [-0.2, 0) is 16.4 Å². The van der Waals surface area contributed by atoms with E-state index in [-0.39, 0.29) is 17.8 Å². The maximum absolute atomic E-state index is 13.9.